The van der Waals surface area contributed by atoms with Crippen LogP contribution < -0.4 is 14.4 Å². The summed E-state index contributed by atoms with van der Waals surface area (Å²) in [7, 11) is 1.62. The largest absolute Gasteiger partial charge is 0.493 e. The van der Waals surface area contributed by atoms with Crippen LogP contribution in [-0.2, 0) is 11.3 Å². The van der Waals surface area contributed by atoms with E-state index in [-0.39, 0.29) is 5.91 Å². The molecule has 1 N–H and O–H groups in total. The number of carbonyl (C=O) groups excluding carboxylic acids is 1. The maximum Gasteiger partial charge on any atom is 0.246 e. The quantitative estimate of drug-likeness (QED) is 0.732. The molecule has 0 atom stereocenters. The zero-order chi connectivity index (χ0) is 20.6. The van der Waals surface area contributed by atoms with E-state index in [0.29, 0.717) is 18.1 Å². The molecule has 1 saturated heterocycles. The summed E-state index contributed by atoms with van der Waals surface area (Å²) in [5.41, 5.74) is 3.66. The van der Waals surface area contributed by atoms with Crippen LogP contribution in [0.5, 0.6) is 11.5 Å². The van der Waals surface area contributed by atoms with Crippen molar-refractivity contribution >= 4 is 12.0 Å². The first-order valence-corrected chi connectivity index (χ1v) is 10.3. The van der Waals surface area contributed by atoms with Gasteiger partial charge in [0.05, 0.1) is 39.9 Å². The first kappa shape index (κ1) is 20.9. The van der Waals surface area contributed by atoms with Gasteiger partial charge in [0.2, 0.25) is 5.91 Å². The van der Waals surface area contributed by atoms with E-state index < -0.39 is 0 Å². The van der Waals surface area contributed by atoms with Gasteiger partial charge in [-0.3, -0.25) is 4.79 Å². The van der Waals surface area contributed by atoms with Gasteiger partial charge in [-0.1, -0.05) is 30.3 Å². The molecule has 1 fully saturated rings. The molecule has 1 heterocycles. The molecule has 0 unspecified atom stereocenters. The first-order chi connectivity index (χ1) is 14.1. The Kier molecular flexibility index (Phi) is 7.30. The van der Waals surface area contributed by atoms with Crippen LogP contribution in [-0.4, -0.2) is 50.7 Å². The number of benzene rings is 2. The third-order valence-corrected chi connectivity index (χ3v) is 5.39. The van der Waals surface area contributed by atoms with Gasteiger partial charge in [-0.25, -0.2) is 0 Å². The van der Waals surface area contributed by atoms with E-state index in [4.69, 9.17) is 9.47 Å². The van der Waals surface area contributed by atoms with Crippen LogP contribution in [0.2, 0.25) is 0 Å². The average Bonchev–Trinajstić information content (AvgIpc) is 2.74. The highest BCUT2D eigenvalue weighted by Crippen LogP contribution is 2.28. The molecule has 5 nitrogen and oxygen atoms in total. The minimum atomic E-state index is 0.0636. The Hall–Kier alpha value is -2.79. The minimum absolute atomic E-state index is 0.0636. The summed E-state index contributed by atoms with van der Waals surface area (Å²) in [6, 6.07) is 14.2. The van der Waals surface area contributed by atoms with E-state index in [1.807, 2.05) is 36.1 Å². The predicted molar refractivity (Wildman–Crippen MR) is 115 cm³/mol. The predicted octanol–water partition coefficient (Wildman–Crippen LogP) is 2.34. The zero-order valence-electron chi connectivity index (χ0n) is 17.6. The summed E-state index contributed by atoms with van der Waals surface area (Å²) in [5, 5.41) is 0. The number of methoxy groups -OCH3 is 1. The number of aryl methyl sites for hydroxylation is 1. The molecule has 0 radical (unpaired) electrons. The second-order valence-corrected chi connectivity index (χ2v) is 7.36. The molecule has 0 saturated carbocycles. The summed E-state index contributed by atoms with van der Waals surface area (Å²) in [6.45, 7) is 9.22. The standard InChI is InChI=1S/C24H30N2O3/c1-4-29-23-17-20(9-11-22(23)28-3)10-12-24(27)26-15-13-25(14-16-26)18-21-8-6-5-7-19(21)2/h5-12,17H,4,13-16,18H2,1-3H3/p+1/b12-10+. The third-order valence-electron chi connectivity index (χ3n) is 5.39. The minimum Gasteiger partial charge on any atom is -0.493 e. The van der Waals surface area contributed by atoms with Crippen molar-refractivity contribution in [1.82, 2.24) is 4.90 Å². The van der Waals surface area contributed by atoms with Crippen LogP contribution in [0.3, 0.4) is 0 Å². The second kappa shape index (κ2) is 10.1. The fourth-order valence-electron chi connectivity index (χ4n) is 3.64. The number of quaternary nitrogens is 1. The van der Waals surface area contributed by atoms with E-state index in [2.05, 4.69) is 31.2 Å². The molecular formula is C24H31N2O3+. The Morgan fingerprint density at radius 3 is 2.59 bits per heavy atom. The van der Waals surface area contributed by atoms with Crippen molar-refractivity contribution in [1.29, 1.82) is 0 Å². The van der Waals surface area contributed by atoms with Crippen molar-refractivity contribution in [2.45, 2.75) is 20.4 Å². The molecule has 1 aliphatic rings. The van der Waals surface area contributed by atoms with Crippen molar-refractivity contribution < 1.29 is 19.2 Å². The van der Waals surface area contributed by atoms with E-state index in [1.165, 1.54) is 16.0 Å². The summed E-state index contributed by atoms with van der Waals surface area (Å²) in [5.74, 6) is 1.45. The Balaban J connectivity index is 1.54. The Labute approximate surface area is 173 Å². The topological polar surface area (TPSA) is 43.2 Å². The van der Waals surface area contributed by atoms with Crippen molar-refractivity contribution in [2.75, 3.05) is 39.9 Å². The number of hydrogen-bond donors (Lipinski definition) is 1. The molecule has 1 amide bonds. The highest BCUT2D eigenvalue weighted by atomic mass is 16.5. The molecule has 0 bridgehead atoms. The van der Waals surface area contributed by atoms with Gasteiger partial charge >= 0.3 is 0 Å². The van der Waals surface area contributed by atoms with E-state index in [9.17, 15) is 4.79 Å². The zero-order valence-corrected chi connectivity index (χ0v) is 17.6. The first-order valence-electron chi connectivity index (χ1n) is 10.3. The molecule has 5 heteroatoms. The molecule has 1 aliphatic heterocycles. The van der Waals surface area contributed by atoms with Crippen LogP contribution in [0.4, 0.5) is 0 Å². The van der Waals surface area contributed by atoms with Crippen molar-refractivity contribution in [3.8, 4) is 11.5 Å². The average molecular weight is 396 g/mol. The monoisotopic (exact) mass is 395 g/mol. The highest BCUT2D eigenvalue weighted by Gasteiger charge is 2.22. The van der Waals surface area contributed by atoms with Gasteiger partial charge < -0.3 is 19.3 Å². The number of amides is 1. The maximum atomic E-state index is 12.6. The van der Waals surface area contributed by atoms with Gasteiger partial charge in [0.15, 0.2) is 11.5 Å². The lowest BCUT2D eigenvalue weighted by Gasteiger charge is -2.32. The molecule has 3 rings (SSSR count). The lowest BCUT2D eigenvalue weighted by Crippen LogP contribution is -3.13. The van der Waals surface area contributed by atoms with Crippen LogP contribution in [0.1, 0.15) is 23.6 Å². The lowest BCUT2D eigenvalue weighted by atomic mass is 10.1. The summed E-state index contributed by atoms with van der Waals surface area (Å²) >= 11 is 0. The number of hydrogen-bond acceptors (Lipinski definition) is 3. The Bertz CT molecular complexity index is 855. The number of carbonyl (C=O) groups is 1. The number of nitrogens with zero attached hydrogens (tertiary/aromatic N) is 1. The lowest BCUT2D eigenvalue weighted by molar-refractivity contribution is -0.917. The van der Waals surface area contributed by atoms with Gasteiger partial charge in [-0.05, 0) is 43.2 Å². The summed E-state index contributed by atoms with van der Waals surface area (Å²) in [6.07, 6.45) is 3.50. The van der Waals surface area contributed by atoms with Crippen LogP contribution in [0.25, 0.3) is 6.08 Å². The van der Waals surface area contributed by atoms with Crippen LogP contribution in [0, 0.1) is 6.92 Å². The van der Waals surface area contributed by atoms with Gasteiger partial charge in [-0.15, -0.1) is 0 Å². The van der Waals surface area contributed by atoms with Crippen LogP contribution in [0.15, 0.2) is 48.5 Å². The molecule has 0 aromatic heterocycles. The molecule has 2 aromatic rings. The van der Waals surface area contributed by atoms with Gasteiger partial charge in [-0.2, -0.15) is 0 Å². The second-order valence-electron chi connectivity index (χ2n) is 7.36. The Morgan fingerprint density at radius 2 is 1.90 bits per heavy atom. The van der Waals surface area contributed by atoms with Crippen molar-refractivity contribution in [2.24, 2.45) is 0 Å². The normalized spacial score (nSPS) is 14.9. The molecule has 0 aliphatic carbocycles. The number of nitrogens with one attached hydrogen (secondary N) is 1. The highest BCUT2D eigenvalue weighted by molar-refractivity contribution is 5.91. The SMILES string of the molecule is CCOc1cc(/C=C/C(=O)N2CC[NH+](Cc3ccccc3C)CC2)ccc1OC. The van der Waals surface area contributed by atoms with Crippen molar-refractivity contribution in [3.05, 3.63) is 65.2 Å². The van der Waals surface area contributed by atoms with E-state index >= 15 is 0 Å². The van der Waals surface area contributed by atoms with Gasteiger partial charge in [0.25, 0.3) is 0 Å². The molecule has 2 aromatic carbocycles. The van der Waals surface area contributed by atoms with Crippen LogP contribution >= 0.6 is 0 Å². The molecule has 0 spiro atoms. The fraction of sp³-hybridized carbons (Fsp3) is 0.375. The smallest absolute Gasteiger partial charge is 0.246 e. The van der Waals surface area contributed by atoms with E-state index in [0.717, 1.165) is 38.3 Å². The van der Waals surface area contributed by atoms with Gasteiger partial charge in [0, 0.05) is 11.6 Å². The van der Waals surface area contributed by atoms with Crippen molar-refractivity contribution in [3.63, 3.8) is 0 Å². The van der Waals surface area contributed by atoms with Gasteiger partial charge in [0.1, 0.15) is 6.54 Å². The maximum absolute atomic E-state index is 12.6. The van der Waals surface area contributed by atoms with E-state index in [1.54, 1.807) is 13.2 Å². The molecule has 154 valence electrons. The Morgan fingerprint density at radius 1 is 1.14 bits per heavy atom. The number of rotatable bonds is 7. The molecule has 29 heavy (non-hydrogen) atoms. The third kappa shape index (κ3) is 5.61. The summed E-state index contributed by atoms with van der Waals surface area (Å²) in [4.78, 5) is 16.1. The molecular weight excluding hydrogens is 364 g/mol. The number of ether oxygens (including phenoxy) is 2. The number of piperazine rings is 1. The fourth-order valence-corrected chi connectivity index (χ4v) is 3.64. The summed E-state index contributed by atoms with van der Waals surface area (Å²) < 4.78 is 10.9.